The Kier molecular flexibility index (Phi) is 6.18. The lowest BCUT2D eigenvalue weighted by atomic mass is 9.86. The molecule has 0 amide bonds. The minimum Gasteiger partial charge on any atom is -0.0882 e. The van der Waals surface area contributed by atoms with Gasteiger partial charge in [0.25, 0.3) is 0 Å². The quantitative estimate of drug-likeness (QED) is 0.447. The molecule has 18 heavy (non-hydrogen) atoms. The highest BCUT2D eigenvalue weighted by Crippen LogP contribution is 2.22. The van der Waals surface area contributed by atoms with Gasteiger partial charge in [0.15, 0.2) is 0 Å². The van der Waals surface area contributed by atoms with Crippen molar-refractivity contribution >= 4 is 0 Å². The zero-order valence-electron chi connectivity index (χ0n) is 12.5. The van der Waals surface area contributed by atoms with Gasteiger partial charge in [0, 0.05) is 0 Å². The summed E-state index contributed by atoms with van der Waals surface area (Å²) >= 11 is 0. The van der Waals surface area contributed by atoms with Crippen LogP contribution in [-0.2, 0) is 11.8 Å². The highest BCUT2D eigenvalue weighted by molar-refractivity contribution is 5.28. The van der Waals surface area contributed by atoms with Crippen molar-refractivity contribution < 1.29 is 0 Å². The molecule has 1 aromatic rings. The van der Waals surface area contributed by atoms with Gasteiger partial charge in [0.05, 0.1) is 0 Å². The molecule has 1 rings (SSSR count). The predicted octanol–water partition coefficient (Wildman–Crippen LogP) is 5.66. The molecular weight excluding hydrogens is 216 g/mol. The second-order valence-corrected chi connectivity index (χ2v) is 6.12. The molecule has 0 aliphatic heterocycles. The molecular formula is C18H28. The van der Waals surface area contributed by atoms with Crippen molar-refractivity contribution in [2.24, 2.45) is 0 Å². The van der Waals surface area contributed by atoms with Crippen LogP contribution in [0.15, 0.2) is 36.4 Å². The van der Waals surface area contributed by atoms with E-state index in [0.29, 0.717) is 0 Å². The molecule has 0 heteroatoms. The van der Waals surface area contributed by atoms with Gasteiger partial charge in [-0.3, -0.25) is 0 Å². The summed E-state index contributed by atoms with van der Waals surface area (Å²) in [6.45, 7) is 9.03. The first-order valence-corrected chi connectivity index (χ1v) is 7.28. The lowest BCUT2D eigenvalue weighted by Crippen LogP contribution is -2.10. The molecule has 1 aromatic carbocycles. The summed E-state index contributed by atoms with van der Waals surface area (Å²) in [5, 5.41) is 0. The van der Waals surface area contributed by atoms with Crippen molar-refractivity contribution in [1.29, 1.82) is 0 Å². The van der Waals surface area contributed by atoms with E-state index in [4.69, 9.17) is 0 Å². The fraction of sp³-hybridized carbons (Fsp3) is 0.556. The molecule has 100 valence electrons. The topological polar surface area (TPSA) is 0 Å². The molecule has 0 aromatic heterocycles. The van der Waals surface area contributed by atoms with Crippen molar-refractivity contribution in [3.8, 4) is 0 Å². The van der Waals surface area contributed by atoms with Gasteiger partial charge in [-0.1, -0.05) is 77.0 Å². The van der Waals surface area contributed by atoms with Crippen LogP contribution in [0.25, 0.3) is 0 Å². The van der Waals surface area contributed by atoms with Crippen molar-refractivity contribution in [3.63, 3.8) is 0 Å². The molecule has 0 aliphatic rings. The molecule has 0 aliphatic carbocycles. The van der Waals surface area contributed by atoms with E-state index in [-0.39, 0.29) is 5.41 Å². The zero-order valence-corrected chi connectivity index (χ0v) is 12.5. The highest BCUT2D eigenvalue weighted by atomic mass is 14.2. The predicted molar refractivity (Wildman–Crippen MR) is 82.1 cm³/mol. The summed E-state index contributed by atoms with van der Waals surface area (Å²) in [5.41, 5.74) is 3.09. The van der Waals surface area contributed by atoms with Crippen LogP contribution in [0, 0.1) is 0 Å². The molecule has 0 N–H and O–H groups in total. The summed E-state index contributed by atoms with van der Waals surface area (Å²) < 4.78 is 0. The van der Waals surface area contributed by atoms with Crippen LogP contribution in [0.3, 0.4) is 0 Å². The Morgan fingerprint density at radius 3 is 2.17 bits per heavy atom. The van der Waals surface area contributed by atoms with Crippen LogP contribution < -0.4 is 0 Å². The number of allylic oxidation sites excluding steroid dienone is 2. The van der Waals surface area contributed by atoms with Crippen LogP contribution in [-0.4, -0.2) is 0 Å². The summed E-state index contributed by atoms with van der Waals surface area (Å²) in [6.07, 6.45) is 10.9. The smallest absolute Gasteiger partial charge is 0.00975 e. The number of benzene rings is 1. The largest absolute Gasteiger partial charge is 0.0882 e. The molecule has 0 saturated heterocycles. The van der Waals surface area contributed by atoms with Crippen LogP contribution in [0.1, 0.15) is 64.5 Å². The van der Waals surface area contributed by atoms with Crippen molar-refractivity contribution in [2.75, 3.05) is 0 Å². The molecule has 0 unspecified atom stereocenters. The van der Waals surface area contributed by atoms with E-state index in [0.717, 1.165) is 6.42 Å². The van der Waals surface area contributed by atoms with Gasteiger partial charge in [-0.25, -0.2) is 0 Å². The number of hydrogen-bond acceptors (Lipinski definition) is 0. The maximum absolute atomic E-state index is 2.33. The molecule has 0 bridgehead atoms. The fourth-order valence-corrected chi connectivity index (χ4v) is 1.99. The zero-order chi connectivity index (χ0) is 13.4. The fourth-order valence-electron chi connectivity index (χ4n) is 1.99. The SMILES string of the molecule is CCCCC/C=C/Cc1ccc(C(C)(C)C)cc1. The van der Waals surface area contributed by atoms with Gasteiger partial charge in [-0.05, 0) is 35.8 Å². The van der Waals surface area contributed by atoms with Crippen LogP contribution in [0.2, 0.25) is 0 Å². The lowest BCUT2D eigenvalue weighted by Gasteiger charge is -2.18. The van der Waals surface area contributed by atoms with Gasteiger partial charge < -0.3 is 0 Å². The second kappa shape index (κ2) is 7.41. The van der Waals surface area contributed by atoms with E-state index in [2.05, 4.69) is 64.1 Å². The number of hydrogen-bond donors (Lipinski definition) is 0. The summed E-state index contributed by atoms with van der Waals surface area (Å²) in [7, 11) is 0. The lowest BCUT2D eigenvalue weighted by molar-refractivity contribution is 0.590. The summed E-state index contributed by atoms with van der Waals surface area (Å²) in [6, 6.07) is 9.05. The first kappa shape index (κ1) is 15.0. The Balaban J connectivity index is 2.40. The van der Waals surface area contributed by atoms with E-state index >= 15 is 0 Å². The van der Waals surface area contributed by atoms with E-state index in [1.165, 1.54) is 36.8 Å². The Morgan fingerprint density at radius 1 is 0.944 bits per heavy atom. The average molecular weight is 244 g/mol. The molecule has 0 radical (unpaired) electrons. The van der Waals surface area contributed by atoms with Crippen molar-refractivity contribution in [2.45, 2.75) is 65.2 Å². The highest BCUT2D eigenvalue weighted by Gasteiger charge is 2.12. The van der Waals surface area contributed by atoms with E-state index < -0.39 is 0 Å². The van der Waals surface area contributed by atoms with Gasteiger partial charge in [-0.2, -0.15) is 0 Å². The average Bonchev–Trinajstić information content (AvgIpc) is 2.33. The normalized spacial score (nSPS) is 12.2. The van der Waals surface area contributed by atoms with Gasteiger partial charge in [0.2, 0.25) is 0 Å². The minimum atomic E-state index is 0.258. The van der Waals surface area contributed by atoms with Crippen LogP contribution in [0.4, 0.5) is 0 Å². The summed E-state index contributed by atoms with van der Waals surface area (Å²) in [4.78, 5) is 0. The third-order valence-electron chi connectivity index (χ3n) is 3.31. The Morgan fingerprint density at radius 2 is 1.61 bits per heavy atom. The molecule has 0 nitrogen and oxygen atoms in total. The maximum Gasteiger partial charge on any atom is -0.00975 e. The minimum absolute atomic E-state index is 0.258. The number of rotatable bonds is 6. The molecule has 0 saturated carbocycles. The standard InChI is InChI=1S/C18H28/c1-5-6-7-8-9-10-11-16-12-14-17(15-13-16)18(2,3)4/h9-10,12-15H,5-8,11H2,1-4H3/b10-9+. The van der Waals surface area contributed by atoms with Crippen molar-refractivity contribution in [1.82, 2.24) is 0 Å². The van der Waals surface area contributed by atoms with Crippen LogP contribution in [0.5, 0.6) is 0 Å². The third kappa shape index (κ3) is 5.53. The molecule has 0 heterocycles. The first-order chi connectivity index (χ1) is 8.54. The van der Waals surface area contributed by atoms with Gasteiger partial charge >= 0.3 is 0 Å². The van der Waals surface area contributed by atoms with E-state index in [9.17, 15) is 0 Å². The molecule has 0 spiro atoms. The monoisotopic (exact) mass is 244 g/mol. The second-order valence-electron chi connectivity index (χ2n) is 6.12. The number of unbranched alkanes of at least 4 members (excludes halogenated alkanes) is 3. The van der Waals surface area contributed by atoms with E-state index in [1.807, 2.05) is 0 Å². The van der Waals surface area contributed by atoms with E-state index in [1.54, 1.807) is 0 Å². The first-order valence-electron chi connectivity index (χ1n) is 7.28. The van der Waals surface area contributed by atoms with Gasteiger partial charge in [-0.15, -0.1) is 0 Å². The summed E-state index contributed by atoms with van der Waals surface area (Å²) in [5.74, 6) is 0. The Labute approximate surface area is 113 Å². The van der Waals surface area contributed by atoms with Crippen molar-refractivity contribution in [3.05, 3.63) is 47.5 Å². The maximum atomic E-state index is 2.33. The molecule has 0 atom stereocenters. The molecule has 0 fully saturated rings. The Hall–Kier alpha value is -1.04. The van der Waals surface area contributed by atoms with Crippen LogP contribution >= 0.6 is 0 Å². The Bertz CT molecular complexity index is 349. The third-order valence-corrected chi connectivity index (χ3v) is 3.31. The van der Waals surface area contributed by atoms with Gasteiger partial charge in [0.1, 0.15) is 0 Å².